The van der Waals surface area contributed by atoms with Gasteiger partial charge in [0, 0.05) is 19.5 Å². The van der Waals surface area contributed by atoms with Crippen LogP contribution in [0.1, 0.15) is 47.7 Å². The molecule has 9 nitrogen and oxygen atoms in total. The fourth-order valence-electron chi connectivity index (χ4n) is 3.85. The molecule has 29 heavy (non-hydrogen) atoms. The summed E-state index contributed by atoms with van der Waals surface area (Å²) in [6.45, 7) is 0. The maximum atomic E-state index is 13.0. The van der Waals surface area contributed by atoms with Crippen LogP contribution >= 0.6 is 0 Å². The quantitative estimate of drug-likeness (QED) is 0.240. The highest BCUT2D eigenvalue weighted by Crippen LogP contribution is 2.37. The Morgan fingerprint density at radius 1 is 1.21 bits per heavy atom. The Kier molecular flexibility index (Phi) is 5.95. The molecular formula is C20H23N3O6. The molecule has 0 saturated heterocycles. The van der Waals surface area contributed by atoms with Crippen LogP contribution in [0.5, 0.6) is 11.5 Å². The van der Waals surface area contributed by atoms with Crippen molar-refractivity contribution < 1.29 is 24.0 Å². The number of Topliss-reactive ketones (excluding diaryl/α,β-unsaturated/α-hetero) is 2. The van der Waals surface area contributed by atoms with E-state index in [2.05, 4.69) is 5.10 Å². The van der Waals surface area contributed by atoms with E-state index in [4.69, 9.17) is 9.47 Å². The number of benzene rings is 1. The normalized spacial score (nSPS) is 19.5. The minimum absolute atomic E-state index is 0.0779. The van der Waals surface area contributed by atoms with Crippen molar-refractivity contribution in [3.05, 3.63) is 45.8 Å². The van der Waals surface area contributed by atoms with Crippen LogP contribution in [0.4, 0.5) is 5.69 Å². The van der Waals surface area contributed by atoms with Crippen molar-refractivity contribution in [2.24, 2.45) is 13.0 Å². The first-order valence-electron chi connectivity index (χ1n) is 9.32. The summed E-state index contributed by atoms with van der Waals surface area (Å²) >= 11 is 0. The molecule has 154 valence electrons. The van der Waals surface area contributed by atoms with Crippen molar-refractivity contribution in [1.29, 1.82) is 0 Å². The molecule has 1 fully saturated rings. The third kappa shape index (κ3) is 4.13. The Morgan fingerprint density at radius 3 is 2.45 bits per heavy atom. The molecule has 2 aromatic rings. The van der Waals surface area contributed by atoms with Gasteiger partial charge >= 0.3 is 5.69 Å². The second kappa shape index (κ2) is 8.42. The van der Waals surface area contributed by atoms with E-state index < -0.39 is 16.6 Å². The second-order valence-electron chi connectivity index (χ2n) is 7.12. The summed E-state index contributed by atoms with van der Waals surface area (Å²) in [5.41, 5.74) is 0.410. The topological polar surface area (TPSA) is 114 Å². The number of rotatable bonds is 6. The van der Waals surface area contributed by atoms with Crippen LogP contribution < -0.4 is 9.47 Å². The zero-order valence-electron chi connectivity index (χ0n) is 16.6. The van der Waals surface area contributed by atoms with Crippen molar-refractivity contribution in [2.75, 3.05) is 14.2 Å². The molecule has 0 spiro atoms. The molecule has 0 amide bonds. The first-order chi connectivity index (χ1) is 13.8. The molecule has 1 heterocycles. The lowest BCUT2D eigenvalue weighted by molar-refractivity contribution is -0.385. The van der Waals surface area contributed by atoms with Crippen LogP contribution in [0.15, 0.2) is 24.4 Å². The molecule has 1 unspecified atom stereocenters. The zero-order chi connectivity index (χ0) is 21.1. The number of methoxy groups -OCH3 is 2. The van der Waals surface area contributed by atoms with Crippen molar-refractivity contribution in [3.63, 3.8) is 0 Å². The number of carbonyl (C=O) groups excluding carboxylic acids is 2. The SMILES string of the molecule is COc1cc(OC)cc([C@H]2CCCC(C(=O)c3c([N+](=O)[O-])cnn3C)C(=O)C2)c1. The standard InChI is InChI=1S/C20H23N3O6/c1-22-19(17(11-21-22)23(26)27)20(25)16-6-4-5-12(9-18(16)24)13-7-14(28-2)10-15(8-13)29-3/h7-8,10-12,16H,4-6,9H2,1-3H3/t12-,16?/m0/s1. The molecule has 0 bridgehead atoms. The summed E-state index contributed by atoms with van der Waals surface area (Å²) in [6.07, 6.45) is 2.95. The molecule has 1 aliphatic rings. The van der Waals surface area contributed by atoms with Crippen molar-refractivity contribution in [2.45, 2.75) is 31.6 Å². The van der Waals surface area contributed by atoms with Gasteiger partial charge in [-0.25, -0.2) is 0 Å². The van der Waals surface area contributed by atoms with Crippen molar-refractivity contribution in [1.82, 2.24) is 9.78 Å². The van der Waals surface area contributed by atoms with Crippen LogP contribution in [-0.4, -0.2) is 40.5 Å². The number of carbonyl (C=O) groups is 2. The van der Waals surface area contributed by atoms with Gasteiger partial charge < -0.3 is 9.47 Å². The monoisotopic (exact) mass is 401 g/mol. The smallest absolute Gasteiger partial charge is 0.318 e. The van der Waals surface area contributed by atoms with E-state index in [0.29, 0.717) is 24.3 Å². The van der Waals surface area contributed by atoms with E-state index >= 15 is 0 Å². The van der Waals surface area contributed by atoms with E-state index in [9.17, 15) is 19.7 Å². The molecule has 9 heteroatoms. The molecule has 2 atom stereocenters. The van der Waals surface area contributed by atoms with Gasteiger partial charge in [-0.2, -0.15) is 5.10 Å². The maximum absolute atomic E-state index is 13.0. The minimum atomic E-state index is -0.901. The van der Waals surface area contributed by atoms with Gasteiger partial charge in [0.1, 0.15) is 23.5 Å². The first-order valence-corrected chi connectivity index (χ1v) is 9.32. The number of hydrogen-bond acceptors (Lipinski definition) is 7. The number of hydrogen-bond donors (Lipinski definition) is 0. The second-order valence-corrected chi connectivity index (χ2v) is 7.12. The third-order valence-corrected chi connectivity index (χ3v) is 5.39. The van der Waals surface area contributed by atoms with Gasteiger partial charge in [-0.1, -0.05) is 6.42 Å². The lowest BCUT2D eigenvalue weighted by Crippen LogP contribution is -2.26. The van der Waals surface area contributed by atoms with Gasteiger partial charge in [-0.3, -0.25) is 24.4 Å². The fourth-order valence-corrected chi connectivity index (χ4v) is 3.85. The van der Waals surface area contributed by atoms with E-state index in [1.165, 1.54) is 11.7 Å². The lowest BCUT2D eigenvalue weighted by Gasteiger charge is -2.17. The van der Waals surface area contributed by atoms with Gasteiger partial charge in [-0.15, -0.1) is 0 Å². The van der Waals surface area contributed by atoms with Gasteiger partial charge in [-0.05, 0) is 36.5 Å². The Labute approximate surface area is 167 Å². The zero-order valence-corrected chi connectivity index (χ0v) is 16.6. The van der Waals surface area contributed by atoms with Crippen LogP contribution in [-0.2, 0) is 11.8 Å². The van der Waals surface area contributed by atoms with E-state index in [1.807, 2.05) is 12.1 Å². The Bertz CT molecular complexity index is 929. The maximum Gasteiger partial charge on any atom is 0.318 e. The molecule has 1 aliphatic carbocycles. The Morgan fingerprint density at radius 2 is 1.86 bits per heavy atom. The number of nitro groups is 1. The largest absolute Gasteiger partial charge is 0.497 e. The van der Waals surface area contributed by atoms with Crippen molar-refractivity contribution >= 4 is 17.3 Å². The summed E-state index contributed by atoms with van der Waals surface area (Å²) < 4.78 is 11.8. The minimum Gasteiger partial charge on any atom is -0.497 e. The number of ether oxygens (including phenoxy) is 2. The lowest BCUT2D eigenvalue weighted by atomic mass is 9.88. The summed E-state index contributed by atoms with van der Waals surface area (Å²) in [5, 5.41) is 15.0. The van der Waals surface area contributed by atoms with Gasteiger partial charge in [0.15, 0.2) is 11.5 Å². The number of nitrogens with zero attached hydrogens (tertiary/aromatic N) is 3. The Hall–Kier alpha value is -3.23. The average molecular weight is 401 g/mol. The predicted octanol–water partition coefficient (Wildman–Crippen LogP) is 3.07. The molecular weight excluding hydrogens is 378 g/mol. The van der Waals surface area contributed by atoms with Gasteiger partial charge in [0.25, 0.3) is 0 Å². The van der Waals surface area contributed by atoms with Gasteiger partial charge in [0.2, 0.25) is 0 Å². The number of aryl methyl sites for hydroxylation is 1. The average Bonchev–Trinajstić information content (AvgIpc) is 2.99. The summed E-state index contributed by atoms with van der Waals surface area (Å²) in [7, 11) is 4.59. The fraction of sp³-hybridized carbons (Fsp3) is 0.450. The van der Waals surface area contributed by atoms with E-state index in [1.54, 1.807) is 20.3 Å². The molecule has 0 radical (unpaired) electrons. The van der Waals surface area contributed by atoms with Gasteiger partial charge in [0.05, 0.1) is 25.1 Å². The van der Waals surface area contributed by atoms with Crippen LogP contribution in [0.3, 0.4) is 0 Å². The van der Waals surface area contributed by atoms with E-state index in [-0.39, 0.29) is 29.5 Å². The molecule has 1 saturated carbocycles. The number of ketones is 2. The Balaban J connectivity index is 1.86. The van der Waals surface area contributed by atoms with Crippen LogP contribution in [0, 0.1) is 16.0 Å². The molecule has 0 N–H and O–H groups in total. The molecule has 0 aliphatic heterocycles. The molecule has 1 aromatic carbocycles. The highest BCUT2D eigenvalue weighted by atomic mass is 16.6. The predicted molar refractivity (Wildman–Crippen MR) is 103 cm³/mol. The molecule has 3 rings (SSSR count). The van der Waals surface area contributed by atoms with Crippen LogP contribution in [0.2, 0.25) is 0 Å². The summed E-state index contributed by atoms with van der Waals surface area (Å²) in [6, 6.07) is 5.50. The van der Waals surface area contributed by atoms with E-state index in [0.717, 1.165) is 18.2 Å². The van der Waals surface area contributed by atoms with Crippen LogP contribution in [0.25, 0.3) is 0 Å². The molecule has 1 aromatic heterocycles. The highest BCUT2D eigenvalue weighted by molar-refractivity contribution is 6.11. The first kappa shape index (κ1) is 20.5. The summed E-state index contributed by atoms with van der Waals surface area (Å²) in [4.78, 5) is 36.5. The number of aromatic nitrogens is 2. The third-order valence-electron chi connectivity index (χ3n) is 5.39. The summed E-state index contributed by atoms with van der Waals surface area (Å²) in [5.74, 6) is -0.462. The highest BCUT2D eigenvalue weighted by Gasteiger charge is 2.37. The van der Waals surface area contributed by atoms with Crippen molar-refractivity contribution in [3.8, 4) is 11.5 Å².